The van der Waals surface area contributed by atoms with Crippen molar-refractivity contribution in [3.8, 4) is 17.0 Å². The van der Waals surface area contributed by atoms with Crippen LogP contribution in [0.2, 0.25) is 0 Å². The van der Waals surface area contributed by atoms with Crippen LogP contribution in [0.4, 0.5) is 10.1 Å². The summed E-state index contributed by atoms with van der Waals surface area (Å²) in [6, 6.07) is 10.3. The first-order valence-electron chi connectivity index (χ1n) is 10.5. The van der Waals surface area contributed by atoms with E-state index in [4.69, 9.17) is 9.47 Å². The predicted octanol–water partition coefficient (Wildman–Crippen LogP) is 3.15. The van der Waals surface area contributed by atoms with Crippen LogP contribution in [-0.4, -0.2) is 58.5 Å². The smallest absolute Gasteiger partial charge is 0.161 e. The van der Waals surface area contributed by atoms with Gasteiger partial charge in [0.2, 0.25) is 0 Å². The third-order valence-corrected chi connectivity index (χ3v) is 5.74. The van der Waals surface area contributed by atoms with Crippen molar-refractivity contribution in [1.82, 2.24) is 19.9 Å². The summed E-state index contributed by atoms with van der Waals surface area (Å²) in [6.07, 6.45) is 3.11. The van der Waals surface area contributed by atoms with E-state index < -0.39 is 11.9 Å². The molecule has 0 saturated carbocycles. The normalized spacial score (nSPS) is 14.9. The number of morpholine rings is 1. The summed E-state index contributed by atoms with van der Waals surface area (Å²) < 4.78 is 25.6. The number of aromatic nitrogens is 4. The monoisotopic (exact) mass is 447 g/mol. The number of hydrogen-bond acceptors (Lipinski definition) is 8. The average Bonchev–Trinajstić information content (AvgIpc) is 2.88. The van der Waals surface area contributed by atoms with Crippen molar-refractivity contribution in [1.29, 1.82) is 0 Å². The van der Waals surface area contributed by atoms with Gasteiger partial charge in [-0.25, -0.2) is 24.3 Å². The van der Waals surface area contributed by atoms with Gasteiger partial charge in [-0.15, -0.1) is 0 Å². The second kappa shape index (κ2) is 9.05. The number of ether oxygens (including phenoxy) is 2. The van der Waals surface area contributed by atoms with Crippen LogP contribution in [0.1, 0.15) is 17.4 Å². The van der Waals surface area contributed by atoms with Gasteiger partial charge in [0.1, 0.15) is 30.3 Å². The van der Waals surface area contributed by atoms with Crippen LogP contribution >= 0.6 is 0 Å². The molecule has 1 fully saturated rings. The first-order chi connectivity index (χ1) is 16.2. The third-order valence-electron chi connectivity index (χ3n) is 5.74. The maximum Gasteiger partial charge on any atom is 0.161 e. The predicted molar refractivity (Wildman–Crippen MR) is 121 cm³/mol. The number of hydrogen-bond donors (Lipinski definition) is 1. The second-order valence-electron chi connectivity index (χ2n) is 7.64. The molecule has 0 aliphatic carbocycles. The van der Waals surface area contributed by atoms with Crippen molar-refractivity contribution >= 4 is 16.6 Å². The van der Waals surface area contributed by atoms with Crippen molar-refractivity contribution in [2.24, 2.45) is 0 Å². The van der Waals surface area contributed by atoms with E-state index in [1.807, 2.05) is 18.2 Å². The number of fused-ring (bicyclic) bond motifs is 1. The van der Waals surface area contributed by atoms with Crippen molar-refractivity contribution in [3.05, 3.63) is 72.3 Å². The highest BCUT2D eigenvalue weighted by atomic mass is 19.1. The molecule has 1 unspecified atom stereocenters. The fourth-order valence-corrected chi connectivity index (χ4v) is 4.02. The van der Waals surface area contributed by atoms with Crippen LogP contribution in [0, 0.1) is 5.82 Å². The first-order valence-corrected chi connectivity index (χ1v) is 10.5. The highest BCUT2D eigenvalue weighted by Crippen LogP contribution is 2.34. The van der Waals surface area contributed by atoms with E-state index in [-0.39, 0.29) is 5.56 Å². The highest BCUT2D eigenvalue weighted by molar-refractivity contribution is 5.94. The summed E-state index contributed by atoms with van der Waals surface area (Å²) in [6.45, 7) is 2.99. The summed E-state index contributed by atoms with van der Waals surface area (Å²) in [5.41, 5.74) is 3.23. The molecule has 3 heterocycles. The molecule has 0 amide bonds. The third kappa shape index (κ3) is 4.08. The Kier molecular flexibility index (Phi) is 5.80. The molecule has 168 valence electrons. The van der Waals surface area contributed by atoms with Crippen LogP contribution in [-0.2, 0) is 4.74 Å². The van der Waals surface area contributed by atoms with E-state index in [2.05, 4.69) is 24.8 Å². The molecule has 5 rings (SSSR count). The van der Waals surface area contributed by atoms with Crippen molar-refractivity contribution in [2.45, 2.75) is 6.10 Å². The van der Waals surface area contributed by atoms with Gasteiger partial charge in [0.25, 0.3) is 0 Å². The van der Waals surface area contributed by atoms with E-state index in [9.17, 15) is 9.50 Å². The maximum atomic E-state index is 15.0. The molecule has 9 heteroatoms. The SMILES string of the molecule is COc1cncnc1C(O)c1ccc(F)c(-c2ncnc3cc(N4CCOCC4)ccc23)c1. The van der Waals surface area contributed by atoms with E-state index in [0.717, 1.165) is 24.2 Å². The Bertz CT molecular complexity index is 1300. The summed E-state index contributed by atoms with van der Waals surface area (Å²) in [5, 5.41) is 11.6. The second-order valence-corrected chi connectivity index (χ2v) is 7.64. The molecule has 0 spiro atoms. The zero-order valence-electron chi connectivity index (χ0n) is 18.0. The van der Waals surface area contributed by atoms with Crippen LogP contribution in [0.5, 0.6) is 5.75 Å². The van der Waals surface area contributed by atoms with E-state index in [0.29, 0.717) is 41.4 Å². The number of methoxy groups -OCH3 is 1. The summed E-state index contributed by atoms with van der Waals surface area (Å²) in [4.78, 5) is 19.1. The number of halogens is 1. The van der Waals surface area contributed by atoms with Gasteiger partial charge in [-0.2, -0.15) is 0 Å². The van der Waals surface area contributed by atoms with Gasteiger partial charge in [0.15, 0.2) is 5.75 Å². The summed E-state index contributed by atoms with van der Waals surface area (Å²) >= 11 is 0. The number of anilines is 1. The number of aliphatic hydroxyl groups is 1. The Morgan fingerprint density at radius 1 is 1.06 bits per heavy atom. The minimum absolute atomic E-state index is 0.270. The maximum absolute atomic E-state index is 15.0. The summed E-state index contributed by atoms with van der Waals surface area (Å²) in [5.74, 6) is -0.100. The van der Waals surface area contributed by atoms with E-state index >= 15 is 0 Å². The molecule has 1 aliphatic heterocycles. The van der Waals surface area contributed by atoms with E-state index in [1.165, 1.54) is 38.1 Å². The molecule has 1 N–H and O–H groups in total. The van der Waals surface area contributed by atoms with Gasteiger partial charge in [-0.1, -0.05) is 6.07 Å². The lowest BCUT2D eigenvalue weighted by molar-refractivity contribution is 0.122. The Hall–Kier alpha value is -3.69. The average molecular weight is 447 g/mol. The van der Waals surface area contributed by atoms with Gasteiger partial charge in [-0.3, -0.25) is 0 Å². The van der Waals surface area contributed by atoms with Gasteiger partial charge >= 0.3 is 0 Å². The first kappa shape index (κ1) is 21.2. The largest absolute Gasteiger partial charge is 0.493 e. The Labute approximate surface area is 189 Å². The fourth-order valence-electron chi connectivity index (χ4n) is 4.02. The molecule has 2 aromatic heterocycles. The Morgan fingerprint density at radius 3 is 2.73 bits per heavy atom. The quantitative estimate of drug-likeness (QED) is 0.499. The number of rotatable bonds is 5. The molecule has 2 aromatic carbocycles. The minimum atomic E-state index is -1.12. The highest BCUT2D eigenvalue weighted by Gasteiger charge is 2.21. The lowest BCUT2D eigenvalue weighted by atomic mass is 9.99. The van der Waals surface area contributed by atoms with Crippen LogP contribution < -0.4 is 9.64 Å². The van der Waals surface area contributed by atoms with Gasteiger partial charge < -0.3 is 19.5 Å². The van der Waals surface area contributed by atoms with E-state index in [1.54, 1.807) is 6.07 Å². The minimum Gasteiger partial charge on any atom is -0.493 e. The molecular weight excluding hydrogens is 425 g/mol. The molecule has 1 aliphatic rings. The van der Waals surface area contributed by atoms with Crippen molar-refractivity contribution in [3.63, 3.8) is 0 Å². The molecule has 8 nitrogen and oxygen atoms in total. The molecular formula is C24H22FN5O3. The van der Waals surface area contributed by atoms with Gasteiger partial charge in [0.05, 0.1) is 37.7 Å². The van der Waals surface area contributed by atoms with Crippen LogP contribution in [0.25, 0.3) is 22.2 Å². The van der Waals surface area contributed by atoms with Gasteiger partial charge in [0, 0.05) is 29.7 Å². The molecule has 1 atom stereocenters. The topological polar surface area (TPSA) is 93.5 Å². The van der Waals surface area contributed by atoms with Crippen molar-refractivity contribution < 1.29 is 19.0 Å². The number of benzene rings is 2. The lowest BCUT2D eigenvalue weighted by Crippen LogP contribution is -2.36. The standard InChI is InChI=1S/C24H22FN5O3/c1-32-21-12-26-13-28-23(21)24(31)15-2-5-19(25)18(10-15)22-17-4-3-16(11-20(17)27-14-29-22)30-6-8-33-9-7-30/h2-5,10-14,24,31H,6-9H2,1H3. The van der Waals surface area contributed by atoms with Gasteiger partial charge in [-0.05, 0) is 35.9 Å². The Morgan fingerprint density at radius 2 is 1.91 bits per heavy atom. The molecule has 1 saturated heterocycles. The van der Waals surface area contributed by atoms with Crippen molar-refractivity contribution in [2.75, 3.05) is 38.3 Å². The fraction of sp³-hybridized carbons (Fsp3) is 0.250. The molecule has 0 radical (unpaired) electrons. The molecule has 33 heavy (non-hydrogen) atoms. The lowest BCUT2D eigenvalue weighted by Gasteiger charge is -2.29. The zero-order chi connectivity index (χ0) is 22.8. The molecule has 4 aromatic rings. The number of nitrogens with zero attached hydrogens (tertiary/aromatic N) is 5. The van der Waals surface area contributed by atoms with Crippen LogP contribution in [0.3, 0.4) is 0 Å². The summed E-state index contributed by atoms with van der Waals surface area (Å²) in [7, 11) is 1.48. The molecule has 0 bridgehead atoms. The Balaban J connectivity index is 1.55. The zero-order valence-corrected chi connectivity index (χ0v) is 18.0. The van der Waals surface area contributed by atoms with Crippen LogP contribution in [0.15, 0.2) is 55.2 Å². The number of aliphatic hydroxyl groups excluding tert-OH is 1.